The Hall–Kier alpha value is -0.610. The highest BCUT2D eigenvalue weighted by Crippen LogP contribution is 2.44. The molecule has 1 saturated carbocycles. The molecule has 16 heavy (non-hydrogen) atoms. The molecule has 1 aromatic rings. The highest BCUT2D eigenvalue weighted by atomic mass is 79.9. The Bertz CT molecular complexity index is 391. The fourth-order valence-electron chi connectivity index (χ4n) is 1.74. The van der Waals surface area contributed by atoms with Gasteiger partial charge in [0.1, 0.15) is 0 Å². The van der Waals surface area contributed by atoms with Crippen LogP contribution in [0.4, 0.5) is 4.39 Å². The van der Waals surface area contributed by atoms with Crippen molar-refractivity contribution >= 4 is 15.9 Å². The fourth-order valence-corrected chi connectivity index (χ4v) is 2.28. The smallest absolute Gasteiger partial charge is 0.171 e. The van der Waals surface area contributed by atoms with Gasteiger partial charge < -0.3 is 9.84 Å². The lowest BCUT2D eigenvalue weighted by Gasteiger charge is -2.15. The van der Waals surface area contributed by atoms with Crippen LogP contribution in [0.3, 0.4) is 0 Å². The van der Waals surface area contributed by atoms with Crippen molar-refractivity contribution in [3.63, 3.8) is 0 Å². The normalized spacial score (nSPS) is 17.2. The molecule has 1 fully saturated rings. The summed E-state index contributed by atoms with van der Waals surface area (Å²) in [5.41, 5.74) is 0.327. The molecular weight excluding hydrogens is 275 g/mol. The van der Waals surface area contributed by atoms with Gasteiger partial charge in [-0.1, -0.05) is 15.9 Å². The third-order valence-corrected chi connectivity index (χ3v) is 3.45. The molecule has 0 aliphatic heterocycles. The first kappa shape index (κ1) is 11.9. The van der Waals surface area contributed by atoms with E-state index in [1.807, 2.05) is 0 Å². The summed E-state index contributed by atoms with van der Waals surface area (Å²) in [7, 11) is 0. The second-order valence-electron chi connectivity index (χ2n) is 3.99. The van der Waals surface area contributed by atoms with Crippen molar-refractivity contribution in [3.8, 4) is 5.75 Å². The minimum atomic E-state index is -0.727. The Morgan fingerprint density at radius 2 is 2.25 bits per heavy atom. The molecule has 0 heterocycles. The zero-order valence-electron chi connectivity index (χ0n) is 9.04. The molecule has 0 radical (unpaired) electrons. The number of halogens is 2. The lowest BCUT2D eigenvalue weighted by atomic mass is 10.0. The molecule has 1 aliphatic rings. The molecule has 0 aromatic heterocycles. The fraction of sp³-hybridized carbons (Fsp3) is 0.500. The average molecular weight is 289 g/mol. The van der Waals surface area contributed by atoms with Crippen LogP contribution in [-0.4, -0.2) is 11.7 Å². The maximum absolute atomic E-state index is 14.0. The minimum Gasteiger partial charge on any atom is -0.491 e. The molecule has 0 amide bonds. The van der Waals surface area contributed by atoms with Crippen LogP contribution in [0.5, 0.6) is 5.75 Å². The molecule has 1 atom stereocenters. The van der Waals surface area contributed by atoms with E-state index in [4.69, 9.17) is 4.74 Å². The predicted octanol–water partition coefficient (Wildman–Crippen LogP) is 3.43. The number of benzene rings is 1. The van der Waals surface area contributed by atoms with E-state index in [1.165, 1.54) is 0 Å². The molecule has 4 heteroatoms. The Kier molecular flexibility index (Phi) is 3.50. The van der Waals surface area contributed by atoms with Gasteiger partial charge in [-0.05, 0) is 37.8 Å². The monoisotopic (exact) mass is 288 g/mol. The Morgan fingerprint density at radius 1 is 1.56 bits per heavy atom. The predicted molar refractivity (Wildman–Crippen MR) is 63.0 cm³/mol. The molecule has 2 rings (SSSR count). The molecular formula is C12H14BrFO2. The summed E-state index contributed by atoms with van der Waals surface area (Å²) in [5, 5.41) is 9.99. The van der Waals surface area contributed by atoms with Crippen molar-refractivity contribution in [1.29, 1.82) is 0 Å². The van der Waals surface area contributed by atoms with Gasteiger partial charge in [-0.2, -0.15) is 0 Å². The first-order valence-corrected chi connectivity index (χ1v) is 6.23. The highest BCUT2D eigenvalue weighted by Gasteiger charge is 2.34. The van der Waals surface area contributed by atoms with E-state index in [-0.39, 0.29) is 11.7 Å². The topological polar surface area (TPSA) is 29.5 Å². The quantitative estimate of drug-likeness (QED) is 0.920. The van der Waals surface area contributed by atoms with E-state index in [2.05, 4.69) is 15.9 Å². The van der Waals surface area contributed by atoms with Crippen LogP contribution >= 0.6 is 15.9 Å². The Balaban J connectivity index is 2.36. The Morgan fingerprint density at radius 3 is 2.81 bits per heavy atom. The standard InChI is InChI=1S/C12H14BrFO2/c1-2-16-9-6-5-8(13)10(11(9)14)12(15)7-3-4-7/h5-7,12,15H,2-4H2,1H3. The van der Waals surface area contributed by atoms with E-state index >= 15 is 0 Å². The second-order valence-corrected chi connectivity index (χ2v) is 4.84. The lowest BCUT2D eigenvalue weighted by molar-refractivity contribution is 0.147. The van der Waals surface area contributed by atoms with Crippen LogP contribution in [0.15, 0.2) is 16.6 Å². The maximum atomic E-state index is 14.0. The van der Waals surface area contributed by atoms with Crippen molar-refractivity contribution in [2.75, 3.05) is 6.61 Å². The van der Waals surface area contributed by atoms with E-state index in [0.29, 0.717) is 16.6 Å². The SMILES string of the molecule is CCOc1ccc(Br)c(C(O)C2CC2)c1F. The minimum absolute atomic E-state index is 0.197. The first-order valence-electron chi connectivity index (χ1n) is 5.44. The van der Waals surface area contributed by atoms with Crippen molar-refractivity contribution in [2.45, 2.75) is 25.9 Å². The zero-order valence-corrected chi connectivity index (χ0v) is 10.6. The lowest BCUT2D eigenvalue weighted by Crippen LogP contribution is -2.06. The molecule has 2 nitrogen and oxygen atoms in total. The van der Waals surface area contributed by atoms with Crippen molar-refractivity contribution in [1.82, 2.24) is 0 Å². The molecule has 0 spiro atoms. The zero-order chi connectivity index (χ0) is 11.7. The number of rotatable bonds is 4. The van der Waals surface area contributed by atoms with Gasteiger partial charge in [0.25, 0.3) is 0 Å². The number of aliphatic hydroxyl groups is 1. The molecule has 1 aliphatic carbocycles. The van der Waals surface area contributed by atoms with Crippen LogP contribution in [0.25, 0.3) is 0 Å². The van der Waals surface area contributed by atoms with E-state index < -0.39 is 11.9 Å². The van der Waals surface area contributed by atoms with Gasteiger partial charge in [0.2, 0.25) is 0 Å². The van der Waals surface area contributed by atoms with Crippen LogP contribution in [0.1, 0.15) is 31.4 Å². The van der Waals surface area contributed by atoms with Gasteiger partial charge in [-0.25, -0.2) is 4.39 Å². The molecule has 1 N–H and O–H groups in total. The summed E-state index contributed by atoms with van der Waals surface area (Å²) in [6.45, 7) is 2.22. The number of hydrogen-bond acceptors (Lipinski definition) is 2. The summed E-state index contributed by atoms with van der Waals surface area (Å²) >= 11 is 3.27. The van der Waals surface area contributed by atoms with Gasteiger partial charge in [-0.15, -0.1) is 0 Å². The number of hydrogen-bond donors (Lipinski definition) is 1. The summed E-state index contributed by atoms with van der Waals surface area (Å²) in [6, 6.07) is 3.29. The largest absolute Gasteiger partial charge is 0.491 e. The molecule has 1 unspecified atom stereocenters. The summed E-state index contributed by atoms with van der Waals surface area (Å²) in [6.07, 6.45) is 1.20. The molecule has 1 aromatic carbocycles. The summed E-state index contributed by atoms with van der Waals surface area (Å²) in [5.74, 6) is -0.0429. The van der Waals surface area contributed by atoms with Crippen LogP contribution in [0, 0.1) is 11.7 Å². The van der Waals surface area contributed by atoms with Crippen LogP contribution < -0.4 is 4.74 Å². The van der Waals surface area contributed by atoms with Crippen molar-refractivity contribution < 1.29 is 14.2 Å². The van der Waals surface area contributed by atoms with Gasteiger partial charge in [-0.3, -0.25) is 0 Å². The van der Waals surface area contributed by atoms with Crippen LogP contribution in [-0.2, 0) is 0 Å². The summed E-state index contributed by atoms with van der Waals surface area (Å²) in [4.78, 5) is 0. The van der Waals surface area contributed by atoms with E-state index in [9.17, 15) is 9.50 Å². The van der Waals surface area contributed by atoms with Crippen molar-refractivity contribution in [2.24, 2.45) is 5.92 Å². The highest BCUT2D eigenvalue weighted by molar-refractivity contribution is 9.10. The van der Waals surface area contributed by atoms with Gasteiger partial charge >= 0.3 is 0 Å². The van der Waals surface area contributed by atoms with Crippen molar-refractivity contribution in [3.05, 3.63) is 28.0 Å². The van der Waals surface area contributed by atoms with E-state index in [0.717, 1.165) is 12.8 Å². The van der Waals surface area contributed by atoms with E-state index in [1.54, 1.807) is 19.1 Å². The first-order chi connectivity index (χ1) is 7.65. The van der Waals surface area contributed by atoms with Gasteiger partial charge in [0.05, 0.1) is 12.7 Å². The second kappa shape index (κ2) is 4.72. The molecule has 0 bridgehead atoms. The average Bonchev–Trinajstić information content (AvgIpc) is 3.06. The third kappa shape index (κ3) is 2.23. The van der Waals surface area contributed by atoms with Gasteiger partial charge in [0, 0.05) is 10.0 Å². The summed E-state index contributed by atoms with van der Waals surface area (Å²) < 4.78 is 19.8. The van der Waals surface area contributed by atoms with Crippen LogP contribution in [0.2, 0.25) is 0 Å². The third-order valence-electron chi connectivity index (χ3n) is 2.76. The number of aliphatic hydroxyl groups excluding tert-OH is 1. The number of ether oxygens (including phenoxy) is 1. The molecule has 88 valence electrons. The molecule has 0 saturated heterocycles. The maximum Gasteiger partial charge on any atom is 0.171 e. The van der Waals surface area contributed by atoms with Gasteiger partial charge in [0.15, 0.2) is 11.6 Å². The Labute approximate surface area is 103 Å².